The van der Waals surface area contributed by atoms with Crippen molar-refractivity contribution in [1.29, 1.82) is 0 Å². The Balaban J connectivity index is 3.45. The molecule has 0 aliphatic carbocycles. The van der Waals surface area contributed by atoms with Gasteiger partial charge in [0.2, 0.25) is 5.88 Å². The summed E-state index contributed by atoms with van der Waals surface area (Å²) in [6.45, 7) is 7.32. The van der Waals surface area contributed by atoms with Crippen molar-refractivity contribution in [2.45, 2.75) is 33.1 Å². The highest BCUT2D eigenvalue weighted by Crippen LogP contribution is 2.30. The largest absolute Gasteiger partial charge is 0.493 e. The molecule has 0 saturated carbocycles. The van der Waals surface area contributed by atoms with Gasteiger partial charge in [0, 0.05) is 12.5 Å². The lowest BCUT2D eigenvalue weighted by Crippen LogP contribution is -2.16. The number of aromatic hydroxyl groups is 1. The molecule has 0 amide bonds. The second kappa shape index (κ2) is 3.12. The van der Waals surface area contributed by atoms with E-state index in [1.807, 2.05) is 20.8 Å². The molecule has 1 aromatic rings. The average Bonchev–Trinajstić information content (AvgIpc) is 2.27. The van der Waals surface area contributed by atoms with E-state index in [4.69, 9.17) is 0 Å². The topological polar surface area (TPSA) is 55.1 Å². The van der Waals surface area contributed by atoms with Gasteiger partial charge in [-0.2, -0.15) is 5.10 Å². The van der Waals surface area contributed by atoms with Crippen molar-refractivity contribution >= 4 is 5.78 Å². The number of Topliss-reactive ketones (excluding diaryl/α,β-unsaturated/α-hetero) is 1. The third kappa shape index (κ3) is 1.64. The first kappa shape index (κ1) is 10.8. The molecule has 0 aliphatic heterocycles. The van der Waals surface area contributed by atoms with E-state index in [0.29, 0.717) is 11.3 Å². The molecule has 1 heterocycles. The number of carbonyl (C=O) groups is 1. The lowest BCUT2D eigenvalue weighted by Gasteiger charge is -2.16. The molecule has 78 valence electrons. The summed E-state index contributed by atoms with van der Waals surface area (Å²) < 4.78 is 1.33. The highest BCUT2D eigenvalue weighted by atomic mass is 16.3. The quantitative estimate of drug-likeness (QED) is 0.694. The highest BCUT2D eigenvalue weighted by Gasteiger charge is 2.27. The van der Waals surface area contributed by atoms with Gasteiger partial charge in [0.25, 0.3) is 0 Å². The highest BCUT2D eigenvalue weighted by molar-refractivity contribution is 5.97. The summed E-state index contributed by atoms with van der Waals surface area (Å²) in [6, 6.07) is 0. The van der Waals surface area contributed by atoms with Crippen LogP contribution in [-0.4, -0.2) is 20.7 Å². The second-order valence-corrected chi connectivity index (χ2v) is 4.48. The van der Waals surface area contributed by atoms with E-state index in [1.54, 1.807) is 7.05 Å². The van der Waals surface area contributed by atoms with Crippen LogP contribution >= 0.6 is 0 Å². The summed E-state index contributed by atoms with van der Waals surface area (Å²) in [6.07, 6.45) is 0. The number of hydrogen-bond donors (Lipinski definition) is 1. The zero-order chi connectivity index (χ0) is 11.1. The molecule has 0 aliphatic rings. The van der Waals surface area contributed by atoms with Gasteiger partial charge in [-0.1, -0.05) is 20.8 Å². The summed E-state index contributed by atoms with van der Waals surface area (Å²) in [4.78, 5) is 11.3. The van der Waals surface area contributed by atoms with Crippen molar-refractivity contribution in [3.05, 3.63) is 11.3 Å². The van der Waals surface area contributed by atoms with Crippen LogP contribution in [0.15, 0.2) is 0 Å². The maximum Gasteiger partial charge on any atom is 0.220 e. The van der Waals surface area contributed by atoms with E-state index in [2.05, 4.69) is 5.10 Å². The zero-order valence-electron chi connectivity index (χ0n) is 9.25. The molecule has 1 N–H and O–H groups in total. The Morgan fingerprint density at radius 1 is 1.43 bits per heavy atom. The number of aromatic nitrogens is 2. The summed E-state index contributed by atoms with van der Waals surface area (Å²) in [5.41, 5.74) is 0.740. The molecule has 4 heteroatoms. The van der Waals surface area contributed by atoms with Gasteiger partial charge in [0.1, 0.15) is 5.56 Å². The Hall–Kier alpha value is -1.32. The van der Waals surface area contributed by atoms with E-state index < -0.39 is 0 Å². The van der Waals surface area contributed by atoms with Gasteiger partial charge >= 0.3 is 0 Å². The smallest absolute Gasteiger partial charge is 0.220 e. The Morgan fingerprint density at radius 2 is 1.93 bits per heavy atom. The van der Waals surface area contributed by atoms with E-state index >= 15 is 0 Å². The maximum atomic E-state index is 11.3. The van der Waals surface area contributed by atoms with Crippen molar-refractivity contribution in [3.63, 3.8) is 0 Å². The SMILES string of the molecule is CC(=O)c1c(C(C)(C)C)nn(C)c1O. The number of rotatable bonds is 1. The molecule has 1 rings (SSSR count). The molecule has 14 heavy (non-hydrogen) atoms. The lowest BCUT2D eigenvalue weighted by atomic mass is 9.88. The molecular weight excluding hydrogens is 180 g/mol. The number of hydrogen-bond acceptors (Lipinski definition) is 3. The predicted molar refractivity (Wildman–Crippen MR) is 53.6 cm³/mol. The van der Waals surface area contributed by atoms with Gasteiger partial charge in [0.15, 0.2) is 5.78 Å². The molecule has 4 nitrogen and oxygen atoms in total. The Kier molecular flexibility index (Phi) is 2.39. The Bertz CT molecular complexity index is 372. The maximum absolute atomic E-state index is 11.3. The molecule has 0 bridgehead atoms. The molecule has 0 spiro atoms. The van der Waals surface area contributed by atoms with Crippen LogP contribution in [0.5, 0.6) is 5.88 Å². The van der Waals surface area contributed by atoms with Crippen molar-refractivity contribution in [2.75, 3.05) is 0 Å². The van der Waals surface area contributed by atoms with E-state index in [9.17, 15) is 9.90 Å². The van der Waals surface area contributed by atoms with Crippen LogP contribution in [0.25, 0.3) is 0 Å². The van der Waals surface area contributed by atoms with Gasteiger partial charge in [-0.05, 0) is 6.92 Å². The molecule has 0 saturated heterocycles. The van der Waals surface area contributed by atoms with Crippen molar-refractivity contribution < 1.29 is 9.90 Å². The van der Waals surface area contributed by atoms with Crippen molar-refractivity contribution in [3.8, 4) is 5.88 Å². The molecule has 0 aromatic carbocycles. The molecule has 0 atom stereocenters. The summed E-state index contributed by atoms with van der Waals surface area (Å²) in [5.74, 6) is -0.206. The zero-order valence-corrected chi connectivity index (χ0v) is 9.25. The number of nitrogens with zero attached hydrogens (tertiary/aromatic N) is 2. The second-order valence-electron chi connectivity index (χ2n) is 4.48. The lowest BCUT2D eigenvalue weighted by molar-refractivity contribution is 0.101. The summed E-state index contributed by atoms with van der Waals surface area (Å²) in [7, 11) is 1.62. The molecule has 0 fully saturated rings. The van der Waals surface area contributed by atoms with Crippen LogP contribution in [0, 0.1) is 0 Å². The third-order valence-electron chi connectivity index (χ3n) is 2.08. The van der Waals surface area contributed by atoms with E-state index in [-0.39, 0.29) is 17.1 Å². The number of carbonyl (C=O) groups excluding carboxylic acids is 1. The van der Waals surface area contributed by atoms with Crippen LogP contribution in [-0.2, 0) is 12.5 Å². The van der Waals surface area contributed by atoms with Gasteiger partial charge in [-0.15, -0.1) is 0 Å². The Morgan fingerprint density at radius 3 is 2.21 bits per heavy atom. The normalized spacial score (nSPS) is 11.8. The molecule has 0 radical (unpaired) electrons. The number of aryl methyl sites for hydroxylation is 1. The van der Waals surface area contributed by atoms with E-state index in [1.165, 1.54) is 11.6 Å². The third-order valence-corrected chi connectivity index (χ3v) is 2.08. The fourth-order valence-corrected chi connectivity index (χ4v) is 1.36. The minimum atomic E-state index is -0.236. The van der Waals surface area contributed by atoms with Gasteiger partial charge in [0.05, 0.1) is 5.69 Å². The molecular formula is C10H16N2O2. The van der Waals surface area contributed by atoms with Crippen LogP contribution in [0.4, 0.5) is 0 Å². The molecule has 0 unspecified atom stereocenters. The summed E-state index contributed by atoms with van der Waals surface area (Å²) in [5, 5.41) is 13.8. The van der Waals surface area contributed by atoms with E-state index in [0.717, 1.165) is 0 Å². The van der Waals surface area contributed by atoms with Crippen LogP contribution in [0.1, 0.15) is 43.7 Å². The minimum Gasteiger partial charge on any atom is -0.493 e. The van der Waals surface area contributed by atoms with Gasteiger partial charge in [-0.25, -0.2) is 4.68 Å². The number of ketones is 1. The standard InChI is InChI=1S/C10H16N2O2/c1-6(13)7-8(10(2,3)4)11-12(5)9(7)14/h14H,1-5H3. The van der Waals surface area contributed by atoms with Crippen LogP contribution in [0.3, 0.4) is 0 Å². The van der Waals surface area contributed by atoms with Gasteiger partial charge < -0.3 is 5.11 Å². The predicted octanol–water partition coefficient (Wildman–Crippen LogP) is 1.63. The summed E-state index contributed by atoms with van der Waals surface area (Å²) >= 11 is 0. The van der Waals surface area contributed by atoms with Gasteiger partial charge in [-0.3, -0.25) is 4.79 Å². The molecule has 1 aromatic heterocycles. The van der Waals surface area contributed by atoms with Crippen molar-refractivity contribution in [2.24, 2.45) is 7.05 Å². The van der Waals surface area contributed by atoms with Crippen LogP contribution < -0.4 is 0 Å². The fourth-order valence-electron chi connectivity index (χ4n) is 1.36. The monoisotopic (exact) mass is 196 g/mol. The van der Waals surface area contributed by atoms with Crippen LogP contribution in [0.2, 0.25) is 0 Å². The average molecular weight is 196 g/mol. The Labute approximate surface area is 83.5 Å². The first-order valence-corrected chi connectivity index (χ1v) is 4.52. The van der Waals surface area contributed by atoms with Crippen molar-refractivity contribution in [1.82, 2.24) is 9.78 Å². The fraction of sp³-hybridized carbons (Fsp3) is 0.600. The first-order valence-electron chi connectivity index (χ1n) is 4.52. The minimum absolute atomic E-state index is 0.0533. The first-order chi connectivity index (χ1) is 6.25.